The van der Waals surface area contributed by atoms with Crippen LogP contribution in [-0.4, -0.2) is 38.2 Å². The molecule has 0 aliphatic heterocycles. The highest BCUT2D eigenvalue weighted by atomic mass is 16.5. The number of nitrogens with zero attached hydrogens (tertiary/aromatic N) is 4. The summed E-state index contributed by atoms with van der Waals surface area (Å²) in [6.07, 6.45) is 5.44. The van der Waals surface area contributed by atoms with Crippen LogP contribution in [0.5, 0.6) is 5.88 Å². The third-order valence-corrected chi connectivity index (χ3v) is 3.67. The number of ether oxygens (including phenoxy) is 1. The SMILES string of the molecule is CCCCNc1ncc2[nH]c(=O)n(Cc3ccc(OC)nc3)c2n1. The first-order chi connectivity index (χ1) is 11.7. The van der Waals surface area contributed by atoms with E-state index < -0.39 is 0 Å². The van der Waals surface area contributed by atoms with Gasteiger partial charge in [0.1, 0.15) is 5.52 Å². The molecule has 0 unspecified atom stereocenters. The Labute approximate surface area is 138 Å². The van der Waals surface area contributed by atoms with Gasteiger partial charge < -0.3 is 15.0 Å². The predicted molar refractivity (Wildman–Crippen MR) is 91.4 cm³/mol. The fraction of sp³-hybridized carbons (Fsp3) is 0.375. The van der Waals surface area contributed by atoms with Gasteiger partial charge in [0, 0.05) is 18.8 Å². The van der Waals surface area contributed by atoms with Crippen molar-refractivity contribution in [3.8, 4) is 5.88 Å². The van der Waals surface area contributed by atoms with Crippen molar-refractivity contribution in [2.75, 3.05) is 19.0 Å². The number of unbranched alkanes of at least 4 members (excludes halogenated alkanes) is 1. The lowest BCUT2D eigenvalue weighted by atomic mass is 10.3. The monoisotopic (exact) mass is 328 g/mol. The summed E-state index contributed by atoms with van der Waals surface area (Å²) in [7, 11) is 1.57. The van der Waals surface area contributed by atoms with Crippen LogP contribution in [0.25, 0.3) is 11.2 Å². The summed E-state index contributed by atoms with van der Waals surface area (Å²) in [6.45, 7) is 3.30. The number of anilines is 1. The highest BCUT2D eigenvalue weighted by molar-refractivity contribution is 5.70. The molecule has 8 nitrogen and oxygen atoms in total. The molecule has 24 heavy (non-hydrogen) atoms. The number of rotatable bonds is 7. The average Bonchev–Trinajstić information content (AvgIpc) is 2.91. The number of pyridine rings is 1. The Hall–Kier alpha value is -2.90. The van der Waals surface area contributed by atoms with Gasteiger partial charge in [0.05, 0.1) is 19.9 Å². The van der Waals surface area contributed by atoms with Crippen molar-refractivity contribution in [2.45, 2.75) is 26.3 Å². The number of hydrogen-bond donors (Lipinski definition) is 2. The summed E-state index contributed by atoms with van der Waals surface area (Å²) in [4.78, 5) is 27.8. The van der Waals surface area contributed by atoms with Crippen LogP contribution in [0.15, 0.2) is 29.3 Å². The Morgan fingerprint density at radius 2 is 2.17 bits per heavy atom. The van der Waals surface area contributed by atoms with E-state index in [2.05, 4.69) is 32.2 Å². The van der Waals surface area contributed by atoms with E-state index in [4.69, 9.17) is 4.74 Å². The molecule has 0 aliphatic rings. The van der Waals surface area contributed by atoms with Gasteiger partial charge in [-0.2, -0.15) is 4.98 Å². The first-order valence-corrected chi connectivity index (χ1v) is 7.89. The zero-order valence-corrected chi connectivity index (χ0v) is 13.7. The van der Waals surface area contributed by atoms with Crippen molar-refractivity contribution in [3.05, 3.63) is 40.6 Å². The molecule has 3 aromatic heterocycles. The van der Waals surface area contributed by atoms with E-state index >= 15 is 0 Å². The molecule has 0 radical (unpaired) electrons. The molecule has 0 aliphatic carbocycles. The Bertz CT molecular complexity index is 868. The quantitative estimate of drug-likeness (QED) is 0.642. The molecule has 0 saturated carbocycles. The first-order valence-electron chi connectivity index (χ1n) is 7.89. The minimum atomic E-state index is -0.221. The summed E-state index contributed by atoms with van der Waals surface area (Å²) in [5.41, 5.74) is 1.85. The molecule has 3 heterocycles. The summed E-state index contributed by atoms with van der Waals surface area (Å²) in [5, 5.41) is 3.17. The molecule has 2 N–H and O–H groups in total. The van der Waals surface area contributed by atoms with E-state index in [-0.39, 0.29) is 5.69 Å². The maximum absolute atomic E-state index is 12.2. The summed E-state index contributed by atoms with van der Waals surface area (Å²) in [5.74, 6) is 1.06. The summed E-state index contributed by atoms with van der Waals surface area (Å²) in [6, 6.07) is 3.64. The molecule has 3 rings (SSSR count). The summed E-state index contributed by atoms with van der Waals surface area (Å²) < 4.78 is 6.62. The second-order valence-corrected chi connectivity index (χ2v) is 5.44. The smallest absolute Gasteiger partial charge is 0.328 e. The van der Waals surface area contributed by atoms with Crippen LogP contribution in [0.4, 0.5) is 5.95 Å². The van der Waals surface area contributed by atoms with Crippen molar-refractivity contribution in [3.63, 3.8) is 0 Å². The second-order valence-electron chi connectivity index (χ2n) is 5.44. The first kappa shape index (κ1) is 16.0. The van der Waals surface area contributed by atoms with Crippen molar-refractivity contribution < 1.29 is 4.74 Å². The number of aromatic nitrogens is 5. The Balaban J connectivity index is 1.89. The molecule has 0 spiro atoms. The van der Waals surface area contributed by atoms with E-state index in [0.29, 0.717) is 29.5 Å². The second kappa shape index (κ2) is 7.12. The lowest BCUT2D eigenvalue weighted by Crippen LogP contribution is -2.18. The van der Waals surface area contributed by atoms with Crippen LogP contribution in [0.3, 0.4) is 0 Å². The molecular weight excluding hydrogens is 308 g/mol. The molecule has 0 atom stereocenters. The Morgan fingerprint density at radius 3 is 2.88 bits per heavy atom. The van der Waals surface area contributed by atoms with Crippen LogP contribution in [0.1, 0.15) is 25.3 Å². The standard InChI is InChI=1S/C16H20N6O2/c1-3-4-7-17-15-19-9-12-14(21-15)22(16(23)20-12)10-11-5-6-13(24-2)18-8-11/h5-6,8-9H,3-4,7,10H2,1-2H3,(H,20,23)(H,17,19,21). The molecule has 0 aromatic carbocycles. The van der Waals surface area contributed by atoms with Gasteiger partial charge >= 0.3 is 5.69 Å². The van der Waals surface area contributed by atoms with Crippen molar-refractivity contribution in [1.29, 1.82) is 0 Å². The number of hydrogen-bond acceptors (Lipinski definition) is 6. The number of nitrogens with one attached hydrogen (secondary N) is 2. The number of fused-ring (bicyclic) bond motifs is 1. The Morgan fingerprint density at radius 1 is 1.29 bits per heavy atom. The predicted octanol–water partition coefficient (Wildman–Crippen LogP) is 1.78. The number of imidazole rings is 1. The minimum Gasteiger partial charge on any atom is -0.481 e. The molecule has 0 saturated heterocycles. The van der Waals surface area contributed by atoms with Gasteiger partial charge in [0.25, 0.3) is 0 Å². The van der Waals surface area contributed by atoms with Gasteiger partial charge in [-0.3, -0.25) is 4.57 Å². The third-order valence-electron chi connectivity index (χ3n) is 3.67. The van der Waals surface area contributed by atoms with Crippen LogP contribution < -0.4 is 15.7 Å². The fourth-order valence-corrected chi connectivity index (χ4v) is 2.36. The molecule has 0 amide bonds. The summed E-state index contributed by atoms with van der Waals surface area (Å²) >= 11 is 0. The molecule has 8 heteroatoms. The van der Waals surface area contributed by atoms with Crippen LogP contribution in [0.2, 0.25) is 0 Å². The normalized spacial score (nSPS) is 10.9. The van der Waals surface area contributed by atoms with E-state index in [1.54, 1.807) is 30.1 Å². The van der Waals surface area contributed by atoms with Crippen LogP contribution >= 0.6 is 0 Å². The van der Waals surface area contributed by atoms with Gasteiger partial charge in [0.15, 0.2) is 5.65 Å². The van der Waals surface area contributed by atoms with Gasteiger partial charge in [0.2, 0.25) is 11.8 Å². The highest BCUT2D eigenvalue weighted by Gasteiger charge is 2.11. The zero-order valence-electron chi connectivity index (χ0n) is 13.7. The zero-order chi connectivity index (χ0) is 16.9. The molecule has 0 fully saturated rings. The lowest BCUT2D eigenvalue weighted by molar-refractivity contribution is 0.397. The maximum atomic E-state index is 12.2. The topological polar surface area (TPSA) is 97.7 Å². The maximum Gasteiger partial charge on any atom is 0.328 e. The number of methoxy groups -OCH3 is 1. The number of aromatic amines is 1. The average molecular weight is 328 g/mol. The highest BCUT2D eigenvalue weighted by Crippen LogP contribution is 2.12. The fourth-order valence-electron chi connectivity index (χ4n) is 2.36. The van der Waals surface area contributed by atoms with Gasteiger partial charge in [-0.05, 0) is 12.0 Å². The Kier molecular flexibility index (Phi) is 4.74. The van der Waals surface area contributed by atoms with E-state index in [0.717, 1.165) is 24.9 Å². The van der Waals surface area contributed by atoms with E-state index in [1.165, 1.54) is 0 Å². The van der Waals surface area contributed by atoms with E-state index in [1.807, 2.05) is 6.07 Å². The van der Waals surface area contributed by atoms with Gasteiger partial charge in [-0.25, -0.2) is 14.8 Å². The third kappa shape index (κ3) is 3.37. The molecule has 0 bridgehead atoms. The largest absolute Gasteiger partial charge is 0.481 e. The van der Waals surface area contributed by atoms with Crippen molar-refractivity contribution in [1.82, 2.24) is 24.5 Å². The lowest BCUT2D eigenvalue weighted by Gasteiger charge is -2.06. The van der Waals surface area contributed by atoms with Crippen molar-refractivity contribution in [2.24, 2.45) is 0 Å². The molecular formula is C16H20N6O2. The van der Waals surface area contributed by atoms with Crippen molar-refractivity contribution >= 4 is 17.1 Å². The number of H-pyrrole nitrogens is 1. The van der Waals surface area contributed by atoms with Crippen LogP contribution in [0, 0.1) is 0 Å². The van der Waals surface area contributed by atoms with Gasteiger partial charge in [-0.1, -0.05) is 19.4 Å². The molecule has 126 valence electrons. The van der Waals surface area contributed by atoms with Gasteiger partial charge in [-0.15, -0.1) is 0 Å². The van der Waals surface area contributed by atoms with E-state index in [9.17, 15) is 4.79 Å². The molecule has 3 aromatic rings. The van der Waals surface area contributed by atoms with Crippen LogP contribution in [-0.2, 0) is 6.54 Å². The minimum absolute atomic E-state index is 0.221.